The number of hydrogen-bond donors (Lipinski definition) is 1. The molecule has 6 nitrogen and oxygen atoms in total. The van der Waals surface area contributed by atoms with Crippen molar-refractivity contribution in [3.63, 3.8) is 0 Å². The minimum absolute atomic E-state index is 0.208. The number of ether oxygens (including phenoxy) is 2. The van der Waals surface area contributed by atoms with Crippen LogP contribution in [0, 0.1) is 0 Å². The number of carbonyl (C=O) groups excluding carboxylic acids is 2. The fourth-order valence-electron chi connectivity index (χ4n) is 2.62. The van der Waals surface area contributed by atoms with E-state index in [2.05, 4.69) is 0 Å². The van der Waals surface area contributed by atoms with Gasteiger partial charge in [0.1, 0.15) is 6.04 Å². The van der Waals surface area contributed by atoms with E-state index < -0.39 is 12.0 Å². The summed E-state index contributed by atoms with van der Waals surface area (Å²) in [5.74, 6) is -0.898. The van der Waals surface area contributed by atoms with Crippen molar-refractivity contribution < 1.29 is 29.1 Å². The maximum atomic E-state index is 11.8. The summed E-state index contributed by atoms with van der Waals surface area (Å²) in [6, 6.07) is -0.488. The first-order chi connectivity index (χ1) is 10.6. The molecule has 6 heteroatoms. The summed E-state index contributed by atoms with van der Waals surface area (Å²) in [4.78, 5) is 23.7. The zero-order chi connectivity index (χ0) is 16.1. The number of carboxylic acids is 1. The highest BCUT2D eigenvalue weighted by molar-refractivity contribution is 6.07. The second-order valence-electron chi connectivity index (χ2n) is 5.12. The topological polar surface area (TPSA) is 80.1 Å². The van der Waals surface area contributed by atoms with Crippen LogP contribution in [0.15, 0.2) is 47.6 Å². The smallest absolute Gasteiger partial charge is 0.261 e. The van der Waals surface area contributed by atoms with Crippen molar-refractivity contribution >= 4 is 11.8 Å². The van der Waals surface area contributed by atoms with Gasteiger partial charge in [-0.25, -0.2) is 0 Å². The second kappa shape index (κ2) is 7.09. The number of quaternary nitrogens is 1. The van der Waals surface area contributed by atoms with Crippen molar-refractivity contribution in [2.75, 3.05) is 20.8 Å². The van der Waals surface area contributed by atoms with Gasteiger partial charge >= 0.3 is 0 Å². The van der Waals surface area contributed by atoms with Gasteiger partial charge < -0.3 is 24.3 Å². The van der Waals surface area contributed by atoms with Crippen LogP contribution in [0.4, 0.5) is 0 Å². The molecule has 0 aromatic heterocycles. The zero-order valence-electron chi connectivity index (χ0n) is 12.6. The number of nitrogens with one attached hydrogen (secondary N) is 1. The van der Waals surface area contributed by atoms with Crippen LogP contribution in [0.1, 0.15) is 12.8 Å². The van der Waals surface area contributed by atoms with Gasteiger partial charge in [-0.1, -0.05) is 0 Å². The number of allylic oxidation sites excluding steroid dienone is 5. The van der Waals surface area contributed by atoms with E-state index in [1.54, 1.807) is 30.5 Å². The van der Waals surface area contributed by atoms with Crippen molar-refractivity contribution in [2.24, 2.45) is 0 Å². The Morgan fingerprint density at radius 1 is 1.32 bits per heavy atom. The van der Waals surface area contributed by atoms with E-state index in [4.69, 9.17) is 9.47 Å². The van der Waals surface area contributed by atoms with Gasteiger partial charge in [0.05, 0.1) is 32.9 Å². The number of rotatable bonds is 5. The van der Waals surface area contributed by atoms with Crippen LogP contribution in [-0.4, -0.2) is 38.6 Å². The summed E-state index contributed by atoms with van der Waals surface area (Å²) in [5.41, 5.74) is 0.744. The molecule has 0 spiro atoms. The molecule has 0 aromatic rings. The lowest BCUT2D eigenvalue weighted by Gasteiger charge is -2.17. The van der Waals surface area contributed by atoms with E-state index in [1.165, 1.54) is 14.2 Å². The Morgan fingerprint density at radius 2 is 1.95 bits per heavy atom. The number of hydrogen-bond acceptors (Lipinski definition) is 5. The van der Waals surface area contributed by atoms with E-state index >= 15 is 0 Å². The molecule has 2 rings (SSSR count). The molecule has 0 bridgehead atoms. The molecule has 2 unspecified atom stereocenters. The first-order valence-corrected chi connectivity index (χ1v) is 7.07. The normalized spacial score (nSPS) is 25.0. The minimum atomic E-state index is -1.02. The van der Waals surface area contributed by atoms with Crippen molar-refractivity contribution in [3.05, 3.63) is 47.6 Å². The molecule has 22 heavy (non-hydrogen) atoms. The Labute approximate surface area is 129 Å². The number of carboxylic acid groups (broad SMARTS) is 1. The van der Waals surface area contributed by atoms with Gasteiger partial charge in [0.25, 0.3) is 5.78 Å². The summed E-state index contributed by atoms with van der Waals surface area (Å²) in [7, 11) is 2.85. The van der Waals surface area contributed by atoms with Crippen LogP contribution in [-0.2, 0) is 19.1 Å². The van der Waals surface area contributed by atoms with E-state index in [9.17, 15) is 14.7 Å². The molecule has 2 aliphatic rings. The molecule has 1 aliphatic heterocycles. The second-order valence-corrected chi connectivity index (χ2v) is 5.12. The van der Waals surface area contributed by atoms with Crippen molar-refractivity contribution in [2.45, 2.75) is 18.9 Å². The number of Topliss-reactive ketones (excluding diaryl/α,β-unsaturated/α-hetero) is 1. The van der Waals surface area contributed by atoms with Gasteiger partial charge in [0.2, 0.25) is 0 Å². The molecule has 2 atom stereocenters. The average molecular weight is 305 g/mol. The lowest BCUT2D eigenvalue weighted by atomic mass is 10.1. The third-order valence-corrected chi connectivity index (χ3v) is 3.77. The monoisotopic (exact) mass is 305 g/mol. The summed E-state index contributed by atoms with van der Waals surface area (Å²) in [6.45, 7) is 0.773. The van der Waals surface area contributed by atoms with Crippen molar-refractivity contribution in [1.82, 2.24) is 0 Å². The van der Waals surface area contributed by atoms with E-state index in [0.29, 0.717) is 6.42 Å². The van der Waals surface area contributed by atoms with Crippen LogP contribution in [0.3, 0.4) is 0 Å². The van der Waals surface area contributed by atoms with Gasteiger partial charge in [-0.3, -0.25) is 4.79 Å². The fraction of sp³-hybridized carbons (Fsp3) is 0.375. The predicted molar refractivity (Wildman–Crippen MR) is 76.3 cm³/mol. The third-order valence-electron chi connectivity index (χ3n) is 3.77. The minimum Gasteiger partial charge on any atom is -0.544 e. The molecular formula is C16H19NO5. The van der Waals surface area contributed by atoms with E-state index in [-0.39, 0.29) is 17.3 Å². The zero-order valence-corrected chi connectivity index (χ0v) is 12.6. The highest BCUT2D eigenvalue weighted by Gasteiger charge is 2.27. The predicted octanol–water partition coefficient (Wildman–Crippen LogP) is -1.13. The Kier molecular flexibility index (Phi) is 5.16. The van der Waals surface area contributed by atoms with Crippen LogP contribution in [0.25, 0.3) is 0 Å². The van der Waals surface area contributed by atoms with Gasteiger partial charge in [0, 0.05) is 12.8 Å². The Bertz CT molecular complexity index is 559. The van der Waals surface area contributed by atoms with Gasteiger partial charge in [0.15, 0.2) is 11.5 Å². The lowest BCUT2D eigenvalue weighted by Crippen LogP contribution is -3.11. The molecule has 1 heterocycles. The molecule has 118 valence electrons. The molecule has 1 saturated heterocycles. The molecule has 1 N–H and O–H groups in total. The first-order valence-electron chi connectivity index (χ1n) is 7.07. The number of ketones is 1. The first kappa shape index (κ1) is 16.0. The molecule has 0 saturated carbocycles. The molecule has 1 fully saturated rings. The Hall–Kier alpha value is -2.34. The van der Waals surface area contributed by atoms with Crippen LogP contribution >= 0.6 is 0 Å². The lowest BCUT2D eigenvalue weighted by molar-refractivity contribution is -0.853. The summed E-state index contributed by atoms with van der Waals surface area (Å²) < 4.78 is 10.1. The SMILES string of the molecule is COC1=CC(=C/C=C/[NH+]2CCCC2C(=O)[O-])C=C(OC)C1=O. The van der Waals surface area contributed by atoms with Crippen molar-refractivity contribution in [1.29, 1.82) is 0 Å². The highest BCUT2D eigenvalue weighted by atomic mass is 16.5. The summed E-state index contributed by atoms with van der Waals surface area (Å²) in [5, 5.41) is 11.0. The average Bonchev–Trinajstić information content (AvgIpc) is 2.97. The quantitative estimate of drug-likeness (QED) is 0.695. The van der Waals surface area contributed by atoms with Crippen LogP contribution in [0.2, 0.25) is 0 Å². The molecular weight excluding hydrogens is 286 g/mol. The largest absolute Gasteiger partial charge is 0.544 e. The Morgan fingerprint density at radius 3 is 2.50 bits per heavy atom. The van der Waals surface area contributed by atoms with Gasteiger partial charge in [-0.15, -0.1) is 0 Å². The van der Waals surface area contributed by atoms with Gasteiger partial charge in [-0.2, -0.15) is 0 Å². The van der Waals surface area contributed by atoms with Crippen molar-refractivity contribution in [3.8, 4) is 0 Å². The molecule has 0 amide bonds. The molecule has 0 radical (unpaired) electrons. The van der Waals surface area contributed by atoms with Crippen LogP contribution < -0.4 is 10.0 Å². The molecule has 0 aromatic carbocycles. The fourth-order valence-corrected chi connectivity index (χ4v) is 2.62. The maximum absolute atomic E-state index is 11.8. The van der Waals surface area contributed by atoms with E-state index in [1.807, 2.05) is 0 Å². The van der Waals surface area contributed by atoms with Gasteiger partial charge in [-0.05, 0) is 29.9 Å². The Balaban J connectivity index is 2.13. The number of aliphatic carboxylic acids is 1. The van der Waals surface area contributed by atoms with Crippen LogP contribution in [0.5, 0.6) is 0 Å². The summed E-state index contributed by atoms with van der Waals surface area (Å²) in [6.07, 6.45) is 10.1. The number of carbonyl (C=O) groups is 2. The maximum Gasteiger partial charge on any atom is 0.261 e. The summed E-state index contributed by atoms with van der Waals surface area (Å²) >= 11 is 0. The number of methoxy groups -OCH3 is 2. The molecule has 1 aliphatic carbocycles. The highest BCUT2D eigenvalue weighted by Crippen LogP contribution is 2.19. The van der Waals surface area contributed by atoms with E-state index in [0.717, 1.165) is 23.4 Å². The third kappa shape index (κ3) is 3.46. The number of likely N-dealkylation sites (tertiary alicyclic amines) is 1. The standard InChI is InChI=1S/C16H19NO5/c1-21-13-9-11(10-14(22-2)15(13)18)5-3-7-17-8-4-6-12(17)16(19)20/h3,5,7,9-10,12H,4,6,8H2,1-2H3,(H,19,20)/b7-3+.